The molecule has 0 bridgehead atoms. The fourth-order valence-electron chi connectivity index (χ4n) is 3.62. The second kappa shape index (κ2) is 4.46. The van der Waals surface area contributed by atoms with Gasteiger partial charge in [0.15, 0.2) is 4.96 Å². The lowest BCUT2D eigenvalue weighted by molar-refractivity contribution is 1.20. The Bertz CT molecular complexity index is 1520. The van der Waals surface area contributed by atoms with Crippen molar-refractivity contribution in [2.75, 3.05) is 0 Å². The van der Waals surface area contributed by atoms with Crippen LogP contribution in [0.15, 0.2) is 65.5 Å². The van der Waals surface area contributed by atoms with Crippen molar-refractivity contribution in [3.63, 3.8) is 0 Å². The normalized spacial score (nSPS) is 12.2. The number of rotatable bonds is 0. The van der Waals surface area contributed by atoms with Crippen molar-refractivity contribution in [1.29, 1.82) is 0 Å². The Morgan fingerprint density at radius 2 is 1.68 bits per heavy atom. The number of fused-ring (bicyclic) bond motifs is 7. The summed E-state index contributed by atoms with van der Waals surface area (Å²) in [7, 11) is 0. The number of nitrogens with zero attached hydrogens (tertiary/aromatic N) is 2. The molecule has 0 saturated heterocycles. The van der Waals surface area contributed by atoms with Crippen LogP contribution >= 0.6 is 11.3 Å². The molecule has 0 aliphatic heterocycles. The monoisotopic (exact) mass is 341 g/mol. The Labute approximate surface area is 145 Å². The van der Waals surface area contributed by atoms with Gasteiger partial charge in [0.2, 0.25) is 0 Å². The summed E-state index contributed by atoms with van der Waals surface area (Å²) in [6.45, 7) is 0. The van der Waals surface area contributed by atoms with E-state index in [-0.39, 0.29) is 5.56 Å². The van der Waals surface area contributed by atoms with Crippen molar-refractivity contribution in [2.24, 2.45) is 0 Å². The largest absolute Gasteiger partial charge is 0.354 e. The molecule has 25 heavy (non-hydrogen) atoms. The van der Waals surface area contributed by atoms with Gasteiger partial charge in [-0.25, -0.2) is 9.38 Å². The standard InChI is InChI=1S/C20H11N3OS/c24-19-12-6-2-4-8-18(12)25-20-22-16-10-15-13(9-17(16)23(19)20)11-5-1-3-7-14(11)21-15/h1-10,21H. The first kappa shape index (κ1) is 13.1. The summed E-state index contributed by atoms with van der Waals surface area (Å²) in [6.07, 6.45) is 0. The van der Waals surface area contributed by atoms with Crippen molar-refractivity contribution >= 4 is 59.2 Å². The molecule has 0 spiro atoms. The first-order valence-corrected chi connectivity index (χ1v) is 8.86. The molecule has 6 rings (SSSR count). The minimum atomic E-state index is -0.00830. The summed E-state index contributed by atoms with van der Waals surface area (Å²) in [5.41, 5.74) is 3.82. The smallest absolute Gasteiger partial charge is 0.266 e. The molecule has 3 heterocycles. The van der Waals surface area contributed by atoms with Gasteiger partial charge in [0.25, 0.3) is 5.56 Å². The third kappa shape index (κ3) is 1.65. The molecule has 6 aromatic rings. The van der Waals surface area contributed by atoms with E-state index in [9.17, 15) is 4.79 Å². The Morgan fingerprint density at radius 3 is 2.60 bits per heavy atom. The molecule has 5 heteroatoms. The van der Waals surface area contributed by atoms with Gasteiger partial charge in [0.1, 0.15) is 0 Å². The van der Waals surface area contributed by atoms with Crippen LogP contribution in [0.25, 0.3) is 47.9 Å². The number of benzene rings is 3. The Morgan fingerprint density at radius 1 is 0.880 bits per heavy atom. The van der Waals surface area contributed by atoms with E-state index in [1.807, 2.05) is 42.5 Å². The van der Waals surface area contributed by atoms with Crippen LogP contribution in [-0.4, -0.2) is 14.4 Å². The highest BCUT2D eigenvalue weighted by atomic mass is 32.1. The molecule has 0 saturated carbocycles. The number of imidazole rings is 1. The molecule has 0 aliphatic carbocycles. The molecule has 0 unspecified atom stereocenters. The summed E-state index contributed by atoms with van der Waals surface area (Å²) >= 11 is 1.55. The number of hydrogen-bond acceptors (Lipinski definition) is 3. The Balaban J connectivity index is 1.87. The molecule has 3 aromatic heterocycles. The van der Waals surface area contributed by atoms with Gasteiger partial charge >= 0.3 is 0 Å². The van der Waals surface area contributed by atoms with Crippen molar-refractivity contribution in [3.05, 3.63) is 71.0 Å². The van der Waals surface area contributed by atoms with Crippen molar-refractivity contribution in [1.82, 2.24) is 14.4 Å². The average molecular weight is 341 g/mol. The van der Waals surface area contributed by atoms with Crippen LogP contribution in [0.5, 0.6) is 0 Å². The van der Waals surface area contributed by atoms with Gasteiger partial charge in [-0.05, 0) is 30.3 Å². The van der Waals surface area contributed by atoms with Gasteiger partial charge in [-0.3, -0.25) is 4.79 Å². The highest BCUT2D eigenvalue weighted by Gasteiger charge is 2.14. The minimum Gasteiger partial charge on any atom is -0.354 e. The van der Waals surface area contributed by atoms with Gasteiger partial charge in [0, 0.05) is 26.5 Å². The van der Waals surface area contributed by atoms with Crippen LogP contribution in [0.3, 0.4) is 0 Å². The quantitative estimate of drug-likeness (QED) is 0.435. The maximum Gasteiger partial charge on any atom is 0.266 e. The summed E-state index contributed by atoms with van der Waals surface area (Å²) in [5, 5.41) is 3.01. The van der Waals surface area contributed by atoms with E-state index in [0.717, 1.165) is 47.9 Å². The fourth-order valence-corrected chi connectivity index (χ4v) is 4.64. The molecular formula is C20H11N3OS. The van der Waals surface area contributed by atoms with E-state index >= 15 is 0 Å². The summed E-state index contributed by atoms with van der Waals surface area (Å²) < 4.78 is 2.70. The van der Waals surface area contributed by atoms with Gasteiger partial charge in [-0.15, -0.1) is 0 Å². The highest BCUT2D eigenvalue weighted by molar-refractivity contribution is 7.23. The molecule has 0 atom stereocenters. The Hall–Kier alpha value is -3.18. The van der Waals surface area contributed by atoms with Crippen molar-refractivity contribution in [3.8, 4) is 0 Å². The second-order valence-corrected chi connectivity index (χ2v) is 7.20. The van der Waals surface area contributed by atoms with E-state index in [2.05, 4.69) is 23.2 Å². The topological polar surface area (TPSA) is 50.2 Å². The van der Waals surface area contributed by atoms with Crippen LogP contribution in [0.2, 0.25) is 0 Å². The zero-order chi connectivity index (χ0) is 16.5. The summed E-state index contributed by atoms with van der Waals surface area (Å²) in [5.74, 6) is 0. The number of para-hydroxylation sites is 1. The molecule has 118 valence electrons. The molecule has 0 radical (unpaired) electrons. The van der Waals surface area contributed by atoms with E-state index < -0.39 is 0 Å². The third-order valence-corrected chi connectivity index (χ3v) is 5.80. The number of H-pyrrole nitrogens is 1. The lowest BCUT2D eigenvalue weighted by atomic mass is 10.1. The van der Waals surface area contributed by atoms with Crippen LogP contribution in [0, 0.1) is 0 Å². The molecule has 4 nitrogen and oxygen atoms in total. The van der Waals surface area contributed by atoms with Gasteiger partial charge < -0.3 is 4.98 Å². The van der Waals surface area contributed by atoms with Gasteiger partial charge in [-0.1, -0.05) is 41.7 Å². The van der Waals surface area contributed by atoms with Crippen molar-refractivity contribution < 1.29 is 0 Å². The molecular weight excluding hydrogens is 330 g/mol. The molecule has 0 fully saturated rings. The van der Waals surface area contributed by atoms with E-state index in [4.69, 9.17) is 4.98 Å². The SMILES string of the molecule is O=c1c2ccccc2sc2nc3cc4[nH]c5ccccc5c4cc3n12. The van der Waals surface area contributed by atoms with Crippen molar-refractivity contribution in [2.45, 2.75) is 0 Å². The average Bonchev–Trinajstić information content (AvgIpc) is 3.17. The van der Waals surface area contributed by atoms with E-state index in [1.54, 1.807) is 15.7 Å². The maximum absolute atomic E-state index is 13.0. The van der Waals surface area contributed by atoms with Gasteiger partial charge in [-0.2, -0.15) is 0 Å². The lowest BCUT2D eigenvalue weighted by Crippen LogP contribution is -2.11. The van der Waals surface area contributed by atoms with Crippen LogP contribution < -0.4 is 5.56 Å². The van der Waals surface area contributed by atoms with Gasteiger partial charge in [0.05, 0.1) is 16.4 Å². The predicted molar refractivity (Wildman–Crippen MR) is 104 cm³/mol. The fraction of sp³-hybridized carbons (Fsp3) is 0. The number of aromatic amines is 1. The number of hydrogen-bond donors (Lipinski definition) is 1. The first-order valence-electron chi connectivity index (χ1n) is 8.04. The second-order valence-electron chi connectivity index (χ2n) is 6.19. The minimum absolute atomic E-state index is 0.00830. The van der Waals surface area contributed by atoms with Crippen LogP contribution in [0.4, 0.5) is 0 Å². The first-order chi connectivity index (χ1) is 12.3. The molecule has 3 aromatic carbocycles. The summed E-state index contributed by atoms with van der Waals surface area (Å²) in [4.78, 5) is 21.9. The number of aromatic nitrogens is 3. The zero-order valence-corrected chi connectivity index (χ0v) is 13.8. The zero-order valence-electron chi connectivity index (χ0n) is 13.0. The van der Waals surface area contributed by atoms with E-state index in [0.29, 0.717) is 0 Å². The lowest BCUT2D eigenvalue weighted by Gasteiger charge is -1.98. The Kier molecular flexibility index (Phi) is 2.35. The maximum atomic E-state index is 13.0. The number of nitrogens with one attached hydrogen (secondary N) is 1. The van der Waals surface area contributed by atoms with Crippen LogP contribution in [-0.2, 0) is 0 Å². The van der Waals surface area contributed by atoms with E-state index in [1.165, 1.54) is 0 Å². The third-order valence-electron chi connectivity index (χ3n) is 4.77. The molecule has 0 aliphatic rings. The molecule has 0 amide bonds. The summed E-state index contributed by atoms with van der Waals surface area (Å²) in [6, 6.07) is 20.0. The molecule has 1 N–H and O–H groups in total. The predicted octanol–water partition coefficient (Wildman–Crippen LogP) is 4.70. The van der Waals surface area contributed by atoms with Crippen LogP contribution in [0.1, 0.15) is 0 Å². The highest BCUT2D eigenvalue weighted by Crippen LogP contribution is 2.30.